The highest BCUT2D eigenvalue weighted by Crippen LogP contribution is 2.33. The second-order valence-corrected chi connectivity index (χ2v) is 6.11. The summed E-state index contributed by atoms with van der Waals surface area (Å²) in [4.78, 5) is 2.23. The number of alkyl halides is 1. The highest BCUT2D eigenvalue weighted by atomic mass is 79.9. The van der Waals surface area contributed by atoms with E-state index in [4.69, 9.17) is 23.2 Å². The molecule has 0 spiro atoms. The minimum absolute atomic E-state index is 0.239. The summed E-state index contributed by atoms with van der Waals surface area (Å²) < 4.78 is 0. The highest BCUT2D eigenvalue weighted by Gasteiger charge is 2.16. The quantitative estimate of drug-likeness (QED) is 0.587. The molecule has 0 aliphatic carbocycles. The fraction of sp³-hybridized carbons (Fsp3) is 0.250. The van der Waals surface area contributed by atoms with E-state index < -0.39 is 0 Å². The van der Waals surface area contributed by atoms with Gasteiger partial charge in [0, 0.05) is 33.7 Å². The summed E-state index contributed by atoms with van der Waals surface area (Å²) in [7, 11) is 2.08. The minimum Gasteiger partial charge on any atom is -0.368 e. The van der Waals surface area contributed by atoms with Crippen molar-refractivity contribution in [3.63, 3.8) is 0 Å². The van der Waals surface area contributed by atoms with E-state index in [-0.39, 0.29) is 6.04 Å². The number of benzene rings is 2. The van der Waals surface area contributed by atoms with Crippen molar-refractivity contribution in [2.45, 2.75) is 18.3 Å². The monoisotopic (exact) mass is 371 g/mol. The molecule has 1 nitrogen and oxygen atoms in total. The Morgan fingerprint density at radius 2 is 1.75 bits per heavy atom. The molecule has 1 unspecified atom stereocenters. The molecule has 0 radical (unpaired) electrons. The zero-order valence-corrected chi connectivity index (χ0v) is 14.5. The van der Waals surface area contributed by atoms with Crippen LogP contribution in [0.2, 0.25) is 10.0 Å². The summed E-state index contributed by atoms with van der Waals surface area (Å²) in [5.74, 6) is 0. The van der Waals surface area contributed by atoms with E-state index in [0.717, 1.165) is 26.6 Å². The number of hydrogen-bond donors (Lipinski definition) is 0. The first kappa shape index (κ1) is 15.7. The van der Waals surface area contributed by atoms with Crippen LogP contribution in [0, 0.1) is 0 Å². The zero-order valence-electron chi connectivity index (χ0n) is 11.4. The summed E-state index contributed by atoms with van der Waals surface area (Å²) in [6, 6.07) is 14.2. The van der Waals surface area contributed by atoms with E-state index >= 15 is 0 Å². The van der Waals surface area contributed by atoms with Crippen molar-refractivity contribution < 1.29 is 0 Å². The van der Waals surface area contributed by atoms with E-state index in [0.29, 0.717) is 0 Å². The van der Waals surface area contributed by atoms with Gasteiger partial charge in [-0.3, -0.25) is 0 Å². The van der Waals surface area contributed by atoms with Crippen molar-refractivity contribution in [1.82, 2.24) is 0 Å². The van der Waals surface area contributed by atoms with Crippen molar-refractivity contribution in [3.05, 3.63) is 63.6 Å². The first-order valence-corrected chi connectivity index (χ1v) is 8.24. The van der Waals surface area contributed by atoms with Crippen molar-refractivity contribution >= 4 is 44.8 Å². The summed E-state index contributed by atoms with van der Waals surface area (Å²) in [5.41, 5.74) is 3.46. The molecule has 2 aromatic carbocycles. The summed E-state index contributed by atoms with van der Waals surface area (Å²) in [5, 5.41) is 2.28. The maximum absolute atomic E-state index is 6.27. The van der Waals surface area contributed by atoms with Crippen LogP contribution in [-0.4, -0.2) is 7.05 Å². The third-order valence-electron chi connectivity index (χ3n) is 3.54. The molecular formula is C16H16BrCl2N. The van der Waals surface area contributed by atoms with Gasteiger partial charge in [-0.05, 0) is 36.8 Å². The van der Waals surface area contributed by atoms with Crippen LogP contribution in [-0.2, 0) is 5.33 Å². The van der Waals surface area contributed by atoms with E-state index in [1.165, 1.54) is 5.56 Å². The predicted octanol–water partition coefficient (Wildman–Crippen LogP) is 6.09. The lowest BCUT2D eigenvalue weighted by Gasteiger charge is -2.29. The third kappa shape index (κ3) is 3.30. The largest absolute Gasteiger partial charge is 0.368 e. The van der Waals surface area contributed by atoms with Crippen LogP contribution in [0.4, 0.5) is 5.69 Å². The fourth-order valence-electron chi connectivity index (χ4n) is 2.18. The Labute approximate surface area is 138 Å². The lowest BCUT2D eigenvalue weighted by Crippen LogP contribution is -2.22. The molecule has 2 rings (SSSR count). The van der Waals surface area contributed by atoms with Crippen LogP contribution < -0.4 is 4.90 Å². The maximum Gasteiger partial charge on any atom is 0.0511 e. The van der Waals surface area contributed by atoms with Gasteiger partial charge < -0.3 is 4.90 Å². The molecular weight excluding hydrogens is 357 g/mol. The SMILES string of the molecule is CC(c1ccc(Cl)cc1)N(C)c1cccc(Cl)c1CBr. The van der Waals surface area contributed by atoms with Crippen LogP contribution in [0.15, 0.2) is 42.5 Å². The van der Waals surface area contributed by atoms with E-state index in [9.17, 15) is 0 Å². The lowest BCUT2D eigenvalue weighted by molar-refractivity contribution is 0.737. The molecule has 0 bridgehead atoms. The first-order chi connectivity index (χ1) is 9.54. The molecule has 0 saturated heterocycles. The third-order valence-corrected chi connectivity index (χ3v) is 4.71. The standard InChI is InChI=1S/C16H16BrCl2N/c1-11(12-6-8-13(18)9-7-12)20(2)16-5-3-4-15(19)14(16)10-17/h3-9,11H,10H2,1-2H3. The predicted molar refractivity (Wildman–Crippen MR) is 92.4 cm³/mol. The summed E-state index contributed by atoms with van der Waals surface area (Å²) in [6.45, 7) is 2.17. The number of anilines is 1. The normalized spacial score (nSPS) is 12.2. The van der Waals surface area contributed by atoms with E-state index in [1.807, 2.05) is 24.3 Å². The number of nitrogens with zero attached hydrogens (tertiary/aromatic N) is 1. The fourth-order valence-corrected chi connectivity index (χ4v) is 3.30. The van der Waals surface area contributed by atoms with Gasteiger partial charge >= 0.3 is 0 Å². The molecule has 20 heavy (non-hydrogen) atoms. The highest BCUT2D eigenvalue weighted by molar-refractivity contribution is 9.08. The number of rotatable bonds is 4. The Bertz CT molecular complexity index is 584. The first-order valence-electron chi connectivity index (χ1n) is 6.36. The Kier molecular flexibility index (Phi) is 5.36. The van der Waals surface area contributed by atoms with Crippen molar-refractivity contribution in [1.29, 1.82) is 0 Å². The van der Waals surface area contributed by atoms with Crippen molar-refractivity contribution in [2.75, 3.05) is 11.9 Å². The molecule has 1 atom stereocenters. The van der Waals surface area contributed by atoms with Crippen molar-refractivity contribution in [2.24, 2.45) is 0 Å². The van der Waals surface area contributed by atoms with Crippen LogP contribution >= 0.6 is 39.1 Å². The molecule has 0 saturated carbocycles. The van der Waals surface area contributed by atoms with Crippen LogP contribution in [0.25, 0.3) is 0 Å². The molecule has 0 amide bonds. The molecule has 2 aromatic rings. The van der Waals surface area contributed by atoms with Gasteiger partial charge in [0.15, 0.2) is 0 Å². The Balaban J connectivity index is 2.33. The smallest absolute Gasteiger partial charge is 0.0511 e. The van der Waals surface area contributed by atoms with Crippen molar-refractivity contribution in [3.8, 4) is 0 Å². The Morgan fingerprint density at radius 1 is 1.10 bits per heavy atom. The van der Waals surface area contributed by atoms with E-state index in [2.05, 4.69) is 53.0 Å². The average molecular weight is 373 g/mol. The Morgan fingerprint density at radius 3 is 2.35 bits per heavy atom. The second-order valence-electron chi connectivity index (χ2n) is 4.71. The second kappa shape index (κ2) is 6.84. The van der Waals surface area contributed by atoms with Gasteiger partial charge in [0.2, 0.25) is 0 Å². The summed E-state index contributed by atoms with van der Waals surface area (Å²) in [6.07, 6.45) is 0. The van der Waals surface area contributed by atoms with Crippen LogP contribution in [0.1, 0.15) is 24.1 Å². The number of halogens is 3. The van der Waals surface area contributed by atoms with Gasteiger partial charge in [0.1, 0.15) is 0 Å². The Hall–Kier alpha value is -0.700. The van der Waals surface area contributed by atoms with Crippen LogP contribution in [0.3, 0.4) is 0 Å². The molecule has 0 fully saturated rings. The average Bonchev–Trinajstić information content (AvgIpc) is 2.46. The molecule has 0 aliphatic heterocycles. The van der Waals surface area contributed by atoms with Gasteiger partial charge in [-0.15, -0.1) is 0 Å². The van der Waals surface area contributed by atoms with Gasteiger partial charge in [-0.1, -0.05) is 57.3 Å². The number of hydrogen-bond acceptors (Lipinski definition) is 1. The maximum atomic E-state index is 6.27. The summed E-state index contributed by atoms with van der Waals surface area (Å²) >= 11 is 15.7. The molecule has 4 heteroatoms. The molecule has 0 aliphatic rings. The van der Waals surface area contributed by atoms with Crippen LogP contribution in [0.5, 0.6) is 0 Å². The van der Waals surface area contributed by atoms with Gasteiger partial charge in [0.25, 0.3) is 0 Å². The van der Waals surface area contributed by atoms with E-state index in [1.54, 1.807) is 0 Å². The zero-order chi connectivity index (χ0) is 14.7. The molecule has 106 valence electrons. The molecule has 0 N–H and O–H groups in total. The van der Waals surface area contributed by atoms with Gasteiger partial charge in [0.05, 0.1) is 6.04 Å². The lowest BCUT2D eigenvalue weighted by atomic mass is 10.1. The molecule has 0 heterocycles. The van der Waals surface area contributed by atoms with Gasteiger partial charge in [-0.2, -0.15) is 0 Å². The topological polar surface area (TPSA) is 3.24 Å². The van der Waals surface area contributed by atoms with Gasteiger partial charge in [-0.25, -0.2) is 0 Å². The molecule has 0 aromatic heterocycles. The minimum atomic E-state index is 0.239.